The smallest absolute Gasteiger partial charge is 0.225 e. The first-order valence-electron chi connectivity index (χ1n) is 6.93. The number of primary sulfonamides is 1. The number of benzene rings is 1. The van der Waals surface area contributed by atoms with Crippen LogP contribution in [0.5, 0.6) is 0 Å². The van der Waals surface area contributed by atoms with E-state index in [9.17, 15) is 16.8 Å². The fourth-order valence-electron chi connectivity index (χ4n) is 2.64. The van der Waals surface area contributed by atoms with Crippen molar-refractivity contribution in [2.24, 2.45) is 17.0 Å². The van der Waals surface area contributed by atoms with Crippen molar-refractivity contribution in [1.82, 2.24) is 4.72 Å². The molecule has 1 aromatic carbocycles. The van der Waals surface area contributed by atoms with Gasteiger partial charge in [0.2, 0.25) is 20.0 Å². The second-order valence-electron chi connectivity index (χ2n) is 5.81. The summed E-state index contributed by atoms with van der Waals surface area (Å²) in [4.78, 5) is -0.623. The Bertz CT molecular complexity index is 738. The lowest BCUT2D eigenvalue weighted by molar-refractivity contribution is 0.470. The van der Waals surface area contributed by atoms with Crippen LogP contribution >= 0.6 is 0 Å². The van der Waals surface area contributed by atoms with Crippen LogP contribution in [0.15, 0.2) is 34.1 Å². The van der Waals surface area contributed by atoms with Gasteiger partial charge in [0.15, 0.2) is 0 Å². The Kier molecular flexibility index (Phi) is 3.59. The summed E-state index contributed by atoms with van der Waals surface area (Å²) in [7, 11) is -7.97. The van der Waals surface area contributed by atoms with Crippen molar-refractivity contribution in [3.63, 3.8) is 0 Å². The average molecular weight is 330 g/mol. The molecule has 8 heteroatoms. The zero-order valence-corrected chi connectivity index (χ0v) is 13.0. The topological polar surface area (TPSA) is 106 Å². The molecule has 21 heavy (non-hydrogen) atoms. The summed E-state index contributed by atoms with van der Waals surface area (Å²) in [5, 5.41) is 5.11. The highest BCUT2D eigenvalue weighted by atomic mass is 32.2. The minimum absolute atomic E-state index is 0.0801. The molecular weight excluding hydrogens is 312 g/mol. The molecule has 0 atom stereocenters. The number of hydrogen-bond donors (Lipinski definition) is 2. The van der Waals surface area contributed by atoms with Gasteiger partial charge in [0, 0.05) is 6.04 Å². The third-order valence-electron chi connectivity index (χ3n) is 4.00. The second kappa shape index (κ2) is 5.05. The van der Waals surface area contributed by atoms with E-state index in [0.29, 0.717) is 11.8 Å². The lowest BCUT2D eigenvalue weighted by Gasteiger charge is -2.18. The summed E-state index contributed by atoms with van der Waals surface area (Å²) in [6.07, 6.45) is 4.11. The summed E-state index contributed by atoms with van der Waals surface area (Å²) in [6, 6.07) is 5.36. The maximum Gasteiger partial charge on any atom is 0.242 e. The van der Waals surface area contributed by atoms with Crippen molar-refractivity contribution >= 4 is 20.0 Å². The van der Waals surface area contributed by atoms with E-state index in [-0.39, 0.29) is 15.8 Å². The SMILES string of the molecule is NS(=O)(=O)c1ccccc1S(=O)(=O)NC(C1CC1)C1CC1. The largest absolute Gasteiger partial charge is 0.242 e. The number of sulfonamides is 2. The molecule has 3 N–H and O–H groups in total. The van der Waals surface area contributed by atoms with E-state index in [1.807, 2.05) is 0 Å². The molecular formula is C13H18N2O4S2. The van der Waals surface area contributed by atoms with Crippen molar-refractivity contribution in [2.45, 2.75) is 41.5 Å². The fraction of sp³-hybridized carbons (Fsp3) is 0.538. The van der Waals surface area contributed by atoms with Crippen LogP contribution in [-0.4, -0.2) is 22.9 Å². The number of rotatable bonds is 6. The summed E-state index contributed by atoms with van der Waals surface area (Å²) >= 11 is 0. The Morgan fingerprint density at radius 3 is 1.86 bits per heavy atom. The summed E-state index contributed by atoms with van der Waals surface area (Å²) in [6.45, 7) is 0. The third-order valence-corrected chi connectivity index (χ3v) is 6.61. The number of nitrogens with two attached hydrogens (primary N) is 1. The molecule has 0 unspecified atom stereocenters. The molecule has 0 bridgehead atoms. The van der Waals surface area contributed by atoms with E-state index in [0.717, 1.165) is 25.7 Å². The molecule has 116 valence electrons. The van der Waals surface area contributed by atoms with Crippen LogP contribution < -0.4 is 9.86 Å². The zero-order valence-electron chi connectivity index (χ0n) is 11.4. The van der Waals surface area contributed by atoms with Crippen LogP contribution in [-0.2, 0) is 20.0 Å². The van der Waals surface area contributed by atoms with E-state index >= 15 is 0 Å². The standard InChI is InChI=1S/C13H18N2O4S2/c14-20(16,17)11-3-1-2-4-12(11)21(18,19)15-13(9-5-6-9)10-7-8-10/h1-4,9-10,13,15H,5-8H2,(H2,14,16,17). The van der Waals surface area contributed by atoms with Crippen molar-refractivity contribution < 1.29 is 16.8 Å². The molecule has 0 aromatic heterocycles. The minimum Gasteiger partial charge on any atom is -0.225 e. The van der Waals surface area contributed by atoms with Gasteiger partial charge in [-0.05, 0) is 49.7 Å². The highest BCUT2D eigenvalue weighted by Gasteiger charge is 2.43. The van der Waals surface area contributed by atoms with Crippen molar-refractivity contribution in [2.75, 3.05) is 0 Å². The fourth-order valence-corrected chi connectivity index (χ4v) is 5.39. The molecule has 0 radical (unpaired) electrons. The van der Waals surface area contributed by atoms with Gasteiger partial charge in [0.25, 0.3) is 0 Å². The molecule has 3 rings (SSSR count). The third kappa shape index (κ3) is 3.28. The van der Waals surface area contributed by atoms with Gasteiger partial charge < -0.3 is 0 Å². The molecule has 1 aromatic rings. The molecule has 0 spiro atoms. The summed E-state index contributed by atoms with van der Waals surface area (Å²) < 4.78 is 50.9. The maximum atomic E-state index is 12.5. The van der Waals surface area contributed by atoms with Gasteiger partial charge >= 0.3 is 0 Å². The molecule has 2 aliphatic rings. The van der Waals surface area contributed by atoms with Gasteiger partial charge in [0.1, 0.15) is 9.79 Å². The Morgan fingerprint density at radius 1 is 0.952 bits per heavy atom. The first-order chi connectivity index (χ1) is 9.79. The maximum absolute atomic E-state index is 12.5. The van der Waals surface area contributed by atoms with Gasteiger partial charge in [-0.3, -0.25) is 0 Å². The van der Waals surface area contributed by atoms with Crippen molar-refractivity contribution in [3.8, 4) is 0 Å². The predicted octanol–water partition coefficient (Wildman–Crippen LogP) is 0.801. The van der Waals surface area contributed by atoms with Crippen LogP contribution in [0.25, 0.3) is 0 Å². The Morgan fingerprint density at radius 2 is 1.43 bits per heavy atom. The van der Waals surface area contributed by atoms with Crippen LogP contribution in [0.1, 0.15) is 25.7 Å². The highest BCUT2D eigenvalue weighted by molar-refractivity contribution is 7.92. The van der Waals surface area contributed by atoms with Gasteiger partial charge in [-0.15, -0.1) is 0 Å². The van der Waals surface area contributed by atoms with Crippen molar-refractivity contribution in [1.29, 1.82) is 0 Å². The monoisotopic (exact) mass is 330 g/mol. The van der Waals surface area contributed by atoms with Gasteiger partial charge in [0.05, 0.1) is 0 Å². The lowest BCUT2D eigenvalue weighted by atomic mass is 10.1. The van der Waals surface area contributed by atoms with E-state index in [2.05, 4.69) is 4.72 Å². The number of nitrogens with one attached hydrogen (secondary N) is 1. The second-order valence-corrected chi connectivity index (χ2v) is 9.03. The minimum atomic E-state index is -4.08. The van der Waals surface area contributed by atoms with Gasteiger partial charge in [-0.25, -0.2) is 26.7 Å². The highest BCUT2D eigenvalue weighted by Crippen LogP contribution is 2.45. The summed E-state index contributed by atoms with van der Waals surface area (Å²) in [5.74, 6) is 0.767. The molecule has 0 aliphatic heterocycles. The summed E-state index contributed by atoms with van der Waals surface area (Å²) in [5.41, 5.74) is 0. The Balaban J connectivity index is 1.95. The molecule has 6 nitrogen and oxygen atoms in total. The van der Waals surface area contributed by atoms with E-state index in [1.165, 1.54) is 24.3 Å². The average Bonchev–Trinajstić information content (AvgIpc) is 3.28. The molecule has 2 saturated carbocycles. The van der Waals surface area contributed by atoms with E-state index in [1.54, 1.807) is 0 Å². The molecule has 2 aliphatic carbocycles. The number of hydrogen-bond acceptors (Lipinski definition) is 4. The van der Waals surface area contributed by atoms with Crippen LogP contribution in [0, 0.1) is 11.8 Å². The first kappa shape index (κ1) is 15.0. The van der Waals surface area contributed by atoms with Gasteiger partial charge in [-0.2, -0.15) is 0 Å². The zero-order chi connectivity index (χ0) is 15.3. The van der Waals surface area contributed by atoms with Crippen LogP contribution in [0.3, 0.4) is 0 Å². The van der Waals surface area contributed by atoms with E-state index in [4.69, 9.17) is 5.14 Å². The molecule has 2 fully saturated rings. The molecule has 0 amide bonds. The lowest BCUT2D eigenvalue weighted by Crippen LogP contribution is -2.38. The van der Waals surface area contributed by atoms with Gasteiger partial charge in [-0.1, -0.05) is 12.1 Å². The van der Waals surface area contributed by atoms with Crippen LogP contribution in [0.4, 0.5) is 0 Å². The van der Waals surface area contributed by atoms with Crippen molar-refractivity contribution in [3.05, 3.63) is 24.3 Å². The normalized spacial score (nSPS) is 19.9. The first-order valence-corrected chi connectivity index (χ1v) is 9.96. The molecule has 0 saturated heterocycles. The quantitative estimate of drug-likeness (QED) is 0.804. The van der Waals surface area contributed by atoms with Crippen LogP contribution in [0.2, 0.25) is 0 Å². The van der Waals surface area contributed by atoms with E-state index < -0.39 is 20.0 Å². The Hall–Kier alpha value is -0.960. The Labute approximate surface area is 124 Å². The predicted molar refractivity (Wildman–Crippen MR) is 77.4 cm³/mol. The molecule has 0 heterocycles.